The number of hydrogen-bond donors (Lipinski definition) is 1. The molecule has 2 aromatic heterocycles. The number of thiazole rings is 1. The first-order valence-corrected chi connectivity index (χ1v) is 7.38. The molecule has 5 nitrogen and oxygen atoms in total. The van der Waals surface area contributed by atoms with Crippen molar-refractivity contribution in [3.8, 4) is 5.75 Å². The fourth-order valence-corrected chi connectivity index (χ4v) is 2.92. The fraction of sp³-hybridized carbons (Fsp3) is 0.154. The van der Waals surface area contributed by atoms with Gasteiger partial charge in [-0.2, -0.15) is 18.2 Å². The zero-order chi connectivity index (χ0) is 16.6. The van der Waals surface area contributed by atoms with Crippen LogP contribution in [0.1, 0.15) is 5.56 Å². The molecule has 0 saturated heterocycles. The van der Waals surface area contributed by atoms with Gasteiger partial charge in [0.05, 0.1) is 11.8 Å². The number of ether oxygens (including phenoxy) is 1. The number of nitrogens with zero attached hydrogens (tertiary/aromatic N) is 3. The van der Waals surface area contributed by atoms with Gasteiger partial charge in [0.2, 0.25) is 5.28 Å². The third kappa shape index (κ3) is 3.15. The summed E-state index contributed by atoms with van der Waals surface area (Å²) >= 11 is 6.77. The van der Waals surface area contributed by atoms with Crippen molar-refractivity contribution in [2.75, 3.05) is 12.4 Å². The van der Waals surface area contributed by atoms with Crippen LogP contribution in [0.3, 0.4) is 0 Å². The van der Waals surface area contributed by atoms with Gasteiger partial charge in [-0.25, -0.2) is 9.97 Å². The molecule has 0 aliphatic rings. The minimum Gasteiger partial charge on any atom is -0.494 e. The van der Waals surface area contributed by atoms with Crippen LogP contribution in [0, 0.1) is 0 Å². The molecule has 0 bridgehead atoms. The lowest BCUT2D eigenvalue weighted by Crippen LogP contribution is -2.11. The van der Waals surface area contributed by atoms with Gasteiger partial charge in [-0.15, -0.1) is 0 Å². The average Bonchev–Trinajstić information content (AvgIpc) is 2.88. The largest absolute Gasteiger partial charge is 0.494 e. The summed E-state index contributed by atoms with van der Waals surface area (Å²) in [7, 11) is 1.49. The lowest BCUT2D eigenvalue weighted by molar-refractivity contribution is -0.137. The highest BCUT2D eigenvalue weighted by atomic mass is 35.5. The molecule has 0 aliphatic carbocycles. The van der Waals surface area contributed by atoms with Crippen molar-refractivity contribution < 1.29 is 17.9 Å². The van der Waals surface area contributed by atoms with E-state index in [4.69, 9.17) is 16.3 Å². The number of alkyl halides is 3. The fourth-order valence-electron chi connectivity index (χ4n) is 1.91. The first-order chi connectivity index (χ1) is 10.9. The number of methoxy groups -OCH3 is 1. The molecule has 0 fully saturated rings. The van der Waals surface area contributed by atoms with E-state index in [-0.39, 0.29) is 10.4 Å². The minimum absolute atomic E-state index is 0.241. The molecule has 2 heterocycles. The Bertz CT molecular complexity index is 868. The van der Waals surface area contributed by atoms with Crippen LogP contribution in [0.25, 0.3) is 10.2 Å². The number of aromatic nitrogens is 3. The lowest BCUT2D eigenvalue weighted by Gasteiger charge is -2.11. The van der Waals surface area contributed by atoms with Crippen LogP contribution in [0.15, 0.2) is 24.4 Å². The summed E-state index contributed by atoms with van der Waals surface area (Å²) in [4.78, 5) is 11.2. The Morgan fingerprint density at radius 3 is 2.74 bits per heavy atom. The molecule has 3 rings (SSSR count). The first kappa shape index (κ1) is 15.8. The number of hydrogen-bond acceptors (Lipinski definition) is 6. The van der Waals surface area contributed by atoms with E-state index in [2.05, 4.69) is 20.3 Å². The van der Waals surface area contributed by atoms with Gasteiger partial charge >= 0.3 is 6.18 Å². The van der Waals surface area contributed by atoms with Crippen molar-refractivity contribution in [3.63, 3.8) is 0 Å². The van der Waals surface area contributed by atoms with E-state index in [9.17, 15) is 13.2 Å². The molecule has 0 saturated carbocycles. The van der Waals surface area contributed by atoms with Crippen molar-refractivity contribution >= 4 is 44.1 Å². The summed E-state index contributed by atoms with van der Waals surface area (Å²) < 4.78 is 45.0. The number of anilines is 2. The van der Waals surface area contributed by atoms with Crippen molar-refractivity contribution in [3.05, 3.63) is 35.2 Å². The van der Waals surface area contributed by atoms with Gasteiger partial charge in [0, 0.05) is 6.20 Å². The molecule has 0 atom stereocenters. The van der Waals surface area contributed by atoms with E-state index in [1.165, 1.54) is 18.4 Å². The third-order valence-corrected chi connectivity index (χ3v) is 4.01. The standard InChI is InChI=1S/C13H8ClF3N4OS/c1-22-7-3-2-4-8-9(7)19-12(23-8)21-10-6(13(15,16)17)5-18-11(14)20-10/h2-5H,1H3,(H,18,19,20,21). The van der Waals surface area contributed by atoms with Crippen LogP contribution < -0.4 is 10.1 Å². The number of halogens is 4. The molecule has 0 radical (unpaired) electrons. The Balaban J connectivity index is 2.04. The molecule has 3 aromatic rings. The van der Waals surface area contributed by atoms with E-state index in [0.29, 0.717) is 17.5 Å². The average molecular weight is 361 g/mol. The molecule has 0 amide bonds. The molecular formula is C13H8ClF3N4OS. The highest BCUT2D eigenvalue weighted by Crippen LogP contribution is 2.37. The molecule has 0 aliphatic heterocycles. The van der Waals surface area contributed by atoms with E-state index < -0.39 is 17.6 Å². The van der Waals surface area contributed by atoms with E-state index in [1.54, 1.807) is 18.2 Å². The highest BCUT2D eigenvalue weighted by Gasteiger charge is 2.35. The third-order valence-electron chi connectivity index (χ3n) is 2.89. The maximum absolute atomic E-state index is 13.0. The normalized spacial score (nSPS) is 11.7. The van der Waals surface area contributed by atoms with E-state index in [1.807, 2.05) is 0 Å². The smallest absolute Gasteiger partial charge is 0.421 e. The van der Waals surface area contributed by atoms with Crippen molar-refractivity contribution in [2.45, 2.75) is 6.18 Å². The molecular weight excluding hydrogens is 353 g/mol. The van der Waals surface area contributed by atoms with Gasteiger partial charge < -0.3 is 10.1 Å². The monoisotopic (exact) mass is 360 g/mol. The van der Waals surface area contributed by atoms with Gasteiger partial charge in [-0.3, -0.25) is 0 Å². The van der Waals surface area contributed by atoms with Crippen molar-refractivity contribution in [1.82, 2.24) is 15.0 Å². The minimum atomic E-state index is -4.61. The van der Waals surface area contributed by atoms with Gasteiger partial charge in [-0.05, 0) is 23.7 Å². The van der Waals surface area contributed by atoms with E-state index in [0.717, 1.165) is 4.70 Å². The van der Waals surface area contributed by atoms with Crippen LogP contribution in [-0.4, -0.2) is 22.1 Å². The number of fused-ring (bicyclic) bond motifs is 1. The topological polar surface area (TPSA) is 59.9 Å². The number of benzene rings is 1. The number of rotatable bonds is 3. The summed E-state index contributed by atoms with van der Waals surface area (Å²) in [5.74, 6) is 0.0825. The van der Waals surface area contributed by atoms with Crippen molar-refractivity contribution in [2.24, 2.45) is 0 Å². The highest BCUT2D eigenvalue weighted by molar-refractivity contribution is 7.22. The molecule has 23 heavy (non-hydrogen) atoms. The van der Waals surface area contributed by atoms with Gasteiger partial charge in [0.25, 0.3) is 0 Å². The maximum Gasteiger partial charge on any atom is 0.421 e. The second kappa shape index (κ2) is 5.82. The number of nitrogens with one attached hydrogen (secondary N) is 1. The SMILES string of the molecule is COc1cccc2sc(Nc3nc(Cl)ncc3C(F)(F)F)nc12. The second-order valence-corrected chi connectivity index (χ2v) is 5.72. The second-order valence-electron chi connectivity index (χ2n) is 4.35. The van der Waals surface area contributed by atoms with Crippen LogP contribution in [0.4, 0.5) is 24.1 Å². The van der Waals surface area contributed by atoms with Crippen molar-refractivity contribution in [1.29, 1.82) is 0 Å². The predicted octanol–water partition coefficient (Wildman–Crippen LogP) is 4.51. The van der Waals surface area contributed by atoms with Crippen LogP contribution in [-0.2, 0) is 6.18 Å². The zero-order valence-corrected chi connectivity index (χ0v) is 13.1. The van der Waals surface area contributed by atoms with Crippen LogP contribution in [0.5, 0.6) is 5.75 Å². The molecule has 10 heteroatoms. The summed E-state index contributed by atoms with van der Waals surface area (Å²) in [5, 5.41) is 2.51. The molecule has 0 spiro atoms. The quantitative estimate of drug-likeness (QED) is 0.696. The van der Waals surface area contributed by atoms with Gasteiger partial charge in [0.15, 0.2) is 5.13 Å². The summed E-state index contributed by atoms with van der Waals surface area (Å²) in [6, 6.07) is 5.28. The summed E-state index contributed by atoms with van der Waals surface area (Å²) in [6.07, 6.45) is -3.98. The maximum atomic E-state index is 13.0. The molecule has 1 N–H and O–H groups in total. The summed E-state index contributed by atoms with van der Waals surface area (Å²) in [6.45, 7) is 0. The van der Waals surface area contributed by atoms with Gasteiger partial charge in [0.1, 0.15) is 22.6 Å². The van der Waals surface area contributed by atoms with Crippen LogP contribution >= 0.6 is 22.9 Å². The van der Waals surface area contributed by atoms with E-state index >= 15 is 0 Å². The molecule has 120 valence electrons. The Labute approximate surface area is 137 Å². The van der Waals surface area contributed by atoms with Crippen LogP contribution in [0.2, 0.25) is 5.28 Å². The lowest BCUT2D eigenvalue weighted by atomic mass is 10.3. The van der Waals surface area contributed by atoms with Gasteiger partial charge in [-0.1, -0.05) is 17.4 Å². The Morgan fingerprint density at radius 1 is 1.26 bits per heavy atom. The Hall–Kier alpha value is -2.13. The molecule has 0 unspecified atom stereocenters. The predicted molar refractivity (Wildman–Crippen MR) is 81.5 cm³/mol. The zero-order valence-electron chi connectivity index (χ0n) is 11.5. The Morgan fingerprint density at radius 2 is 2.04 bits per heavy atom. The number of para-hydroxylation sites is 1. The summed E-state index contributed by atoms with van der Waals surface area (Å²) in [5.41, 5.74) is -0.468. The Kier molecular flexibility index (Phi) is 3.99. The first-order valence-electron chi connectivity index (χ1n) is 6.19. The molecule has 1 aromatic carbocycles.